The lowest BCUT2D eigenvalue weighted by molar-refractivity contribution is 0.571. The Morgan fingerprint density at radius 2 is 1.55 bits per heavy atom. The molecule has 0 spiro atoms. The van der Waals surface area contributed by atoms with Gasteiger partial charge in [-0.2, -0.15) is 0 Å². The van der Waals surface area contributed by atoms with Crippen molar-refractivity contribution in [3.05, 3.63) is 0 Å². The molecule has 1 heteroatoms. The highest BCUT2D eigenvalue weighted by Gasteiger charge is 2.00. The monoisotopic (exact) mass is 149 g/mol. The highest BCUT2D eigenvalue weighted by Crippen LogP contribution is 2.03. The van der Waals surface area contributed by atoms with Crippen LogP contribution in [0.5, 0.6) is 0 Å². The van der Waals surface area contributed by atoms with Gasteiger partial charge < -0.3 is 5.73 Å². The highest BCUT2D eigenvalue weighted by atomic mass is 14.5. The first-order valence-corrected chi connectivity index (χ1v) is 3.84. The van der Waals surface area contributed by atoms with Gasteiger partial charge in [-0.1, -0.05) is 0 Å². The standard InChI is InChI=1S/C10H15N/c1-3-5-7-10(9-11)8-6-4-2/h10H,7-9,11H2,1-2H3. The highest BCUT2D eigenvalue weighted by molar-refractivity contribution is 5.01. The van der Waals surface area contributed by atoms with Gasteiger partial charge in [0.1, 0.15) is 0 Å². The van der Waals surface area contributed by atoms with E-state index >= 15 is 0 Å². The molecule has 0 radical (unpaired) electrons. The van der Waals surface area contributed by atoms with Crippen LogP contribution >= 0.6 is 0 Å². The summed E-state index contributed by atoms with van der Waals surface area (Å²) in [6.45, 7) is 4.38. The molecule has 2 N–H and O–H groups in total. The molecule has 0 aliphatic carbocycles. The normalized spacial score (nSPS) is 8.00. The van der Waals surface area contributed by atoms with Gasteiger partial charge in [0.25, 0.3) is 0 Å². The Balaban J connectivity index is 3.69. The van der Waals surface area contributed by atoms with Gasteiger partial charge in [0.15, 0.2) is 0 Å². The van der Waals surface area contributed by atoms with E-state index in [0.29, 0.717) is 12.5 Å². The fraction of sp³-hybridized carbons (Fsp3) is 0.600. The first-order valence-electron chi connectivity index (χ1n) is 3.84. The molecule has 0 aliphatic rings. The van der Waals surface area contributed by atoms with Gasteiger partial charge in [0.2, 0.25) is 0 Å². The molecule has 0 bridgehead atoms. The van der Waals surface area contributed by atoms with Crippen LogP contribution in [-0.4, -0.2) is 6.54 Å². The molecule has 11 heavy (non-hydrogen) atoms. The predicted molar refractivity (Wildman–Crippen MR) is 48.7 cm³/mol. The largest absolute Gasteiger partial charge is 0.330 e. The third-order valence-corrected chi connectivity index (χ3v) is 1.47. The Morgan fingerprint density at radius 1 is 1.09 bits per heavy atom. The van der Waals surface area contributed by atoms with Crippen molar-refractivity contribution in [3.8, 4) is 23.7 Å². The summed E-state index contributed by atoms with van der Waals surface area (Å²) in [5.74, 6) is 12.2. The minimum atomic E-state index is 0.454. The molecule has 60 valence electrons. The summed E-state index contributed by atoms with van der Waals surface area (Å²) >= 11 is 0. The third-order valence-electron chi connectivity index (χ3n) is 1.47. The minimum Gasteiger partial charge on any atom is -0.330 e. The average Bonchev–Trinajstić information content (AvgIpc) is 2.05. The number of hydrogen-bond acceptors (Lipinski definition) is 1. The zero-order chi connectivity index (χ0) is 8.53. The van der Waals surface area contributed by atoms with Crippen LogP contribution in [0, 0.1) is 29.6 Å². The fourth-order valence-corrected chi connectivity index (χ4v) is 0.732. The summed E-state index contributed by atoms with van der Waals surface area (Å²) in [6.07, 6.45) is 1.75. The molecular formula is C10H15N. The molecule has 0 saturated heterocycles. The van der Waals surface area contributed by atoms with Crippen LogP contribution in [0.25, 0.3) is 0 Å². The molecule has 1 nitrogen and oxygen atoms in total. The van der Waals surface area contributed by atoms with Crippen molar-refractivity contribution in [3.63, 3.8) is 0 Å². The van der Waals surface area contributed by atoms with Crippen molar-refractivity contribution in [1.29, 1.82) is 0 Å². The Hall–Kier alpha value is -0.920. The van der Waals surface area contributed by atoms with E-state index in [0.717, 1.165) is 12.8 Å². The second-order valence-corrected chi connectivity index (χ2v) is 2.36. The summed E-state index contributed by atoms with van der Waals surface area (Å²) in [7, 11) is 0. The number of rotatable bonds is 3. The van der Waals surface area contributed by atoms with Crippen LogP contribution < -0.4 is 5.73 Å². The predicted octanol–water partition coefficient (Wildman–Crippen LogP) is 1.39. The second kappa shape index (κ2) is 7.19. The smallest absolute Gasteiger partial charge is 0.0138 e. The summed E-state index contributed by atoms with van der Waals surface area (Å²) in [5.41, 5.74) is 5.52. The van der Waals surface area contributed by atoms with Crippen molar-refractivity contribution in [2.45, 2.75) is 26.7 Å². The van der Waals surface area contributed by atoms with Crippen molar-refractivity contribution in [2.24, 2.45) is 11.7 Å². The van der Waals surface area contributed by atoms with E-state index in [1.54, 1.807) is 0 Å². The molecule has 0 unspecified atom stereocenters. The fourth-order valence-electron chi connectivity index (χ4n) is 0.732. The Kier molecular flexibility index (Phi) is 6.59. The summed E-state index contributed by atoms with van der Waals surface area (Å²) in [4.78, 5) is 0. The van der Waals surface area contributed by atoms with E-state index in [1.807, 2.05) is 13.8 Å². The van der Waals surface area contributed by atoms with Gasteiger partial charge in [-0.15, -0.1) is 23.7 Å². The summed E-state index contributed by atoms with van der Waals surface area (Å²) in [5, 5.41) is 0. The minimum absolute atomic E-state index is 0.454. The van der Waals surface area contributed by atoms with Crippen LogP contribution in [0.3, 0.4) is 0 Å². The van der Waals surface area contributed by atoms with Gasteiger partial charge in [-0.3, -0.25) is 0 Å². The number of hydrogen-bond donors (Lipinski definition) is 1. The topological polar surface area (TPSA) is 26.0 Å². The molecule has 0 fully saturated rings. The van der Waals surface area contributed by atoms with Crippen molar-refractivity contribution < 1.29 is 0 Å². The Morgan fingerprint density at radius 3 is 1.82 bits per heavy atom. The molecule has 0 aromatic rings. The molecule has 0 saturated carbocycles. The van der Waals surface area contributed by atoms with E-state index in [1.165, 1.54) is 0 Å². The maximum atomic E-state index is 5.52. The first kappa shape index (κ1) is 10.1. The zero-order valence-electron chi connectivity index (χ0n) is 7.28. The van der Waals surface area contributed by atoms with E-state index in [9.17, 15) is 0 Å². The first-order chi connectivity index (χ1) is 5.35. The number of nitrogens with two attached hydrogens (primary N) is 1. The lowest BCUT2D eigenvalue weighted by Crippen LogP contribution is -2.12. The molecule has 0 rings (SSSR count). The maximum absolute atomic E-state index is 5.52. The van der Waals surface area contributed by atoms with Crippen molar-refractivity contribution in [1.82, 2.24) is 0 Å². The van der Waals surface area contributed by atoms with Gasteiger partial charge in [0, 0.05) is 12.8 Å². The lowest BCUT2D eigenvalue weighted by Gasteiger charge is -2.05. The third kappa shape index (κ3) is 5.52. The summed E-state index contributed by atoms with van der Waals surface area (Å²) in [6, 6.07) is 0. The van der Waals surface area contributed by atoms with E-state index < -0.39 is 0 Å². The molecular weight excluding hydrogens is 134 g/mol. The SMILES string of the molecule is CC#CCC(CN)CC#CC. The second-order valence-electron chi connectivity index (χ2n) is 2.36. The van der Waals surface area contributed by atoms with Crippen LogP contribution in [0.15, 0.2) is 0 Å². The molecule has 0 atom stereocenters. The van der Waals surface area contributed by atoms with Gasteiger partial charge in [-0.25, -0.2) is 0 Å². The Labute approximate surface area is 69.4 Å². The van der Waals surface area contributed by atoms with Gasteiger partial charge in [0.05, 0.1) is 0 Å². The van der Waals surface area contributed by atoms with Gasteiger partial charge >= 0.3 is 0 Å². The van der Waals surface area contributed by atoms with Crippen molar-refractivity contribution in [2.75, 3.05) is 6.54 Å². The van der Waals surface area contributed by atoms with Crippen LogP contribution in [0.4, 0.5) is 0 Å². The van der Waals surface area contributed by atoms with Crippen LogP contribution in [0.1, 0.15) is 26.7 Å². The van der Waals surface area contributed by atoms with Gasteiger partial charge in [-0.05, 0) is 26.3 Å². The van der Waals surface area contributed by atoms with E-state index in [4.69, 9.17) is 5.73 Å². The van der Waals surface area contributed by atoms with Crippen LogP contribution in [-0.2, 0) is 0 Å². The zero-order valence-corrected chi connectivity index (χ0v) is 7.28. The molecule has 0 aromatic heterocycles. The molecule has 0 amide bonds. The molecule has 0 aliphatic heterocycles. The van der Waals surface area contributed by atoms with E-state index in [-0.39, 0.29) is 0 Å². The van der Waals surface area contributed by atoms with Crippen LogP contribution in [0.2, 0.25) is 0 Å². The van der Waals surface area contributed by atoms with E-state index in [2.05, 4.69) is 23.7 Å². The Bertz CT molecular complexity index is 174. The molecule has 0 aromatic carbocycles. The van der Waals surface area contributed by atoms with Crippen molar-refractivity contribution >= 4 is 0 Å². The maximum Gasteiger partial charge on any atom is 0.0138 e. The quantitative estimate of drug-likeness (QED) is 0.603. The average molecular weight is 149 g/mol. The molecule has 0 heterocycles. The lowest BCUT2D eigenvalue weighted by atomic mass is 10.0. The summed E-state index contributed by atoms with van der Waals surface area (Å²) < 4.78 is 0.